The normalized spacial score (nSPS) is 17.9. The van der Waals surface area contributed by atoms with E-state index in [1.54, 1.807) is 0 Å². The molecule has 0 spiro atoms. The molecular formula is C17H33NO. The van der Waals surface area contributed by atoms with Crippen LogP contribution in [-0.2, 0) is 4.79 Å². The molecular weight excluding hydrogens is 234 g/mol. The monoisotopic (exact) mass is 267 g/mol. The van der Waals surface area contributed by atoms with Crippen LogP contribution in [0.2, 0.25) is 0 Å². The molecule has 2 heteroatoms. The number of likely N-dealkylation sites (tertiary alicyclic amines) is 1. The van der Waals surface area contributed by atoms with Crippen molar-refractivity contribution in [3.8, 4) is 0 Å². The fraction of sp³-hybridized carbons (Fsp3) is 0.941. The number of nitrogens with zero attached hydrogens (tertiary/aromatic N) is 1. The van der Waals surface area contributed by atoms with Crippen LogP contribution in [0.3, 0.4) is 0 Å². The Hall–Kier alpha value is -0.530. The van der Waals surface area contributed by atoms with Gasteiger partial charge in [0.2, 0.25) is 5.91 Å². The van der Waals surface area contributed by atoms with Gasteiger partial charge in [-0.3, -0.25) is 4.79 Å². The third kappa shape index (κ3) is 5.16. The summed E-state index contributed by atoms with van der Waals surface area (Å²) in [6.07, 6.45) is 12.2. The van der Waals surface area contributed by atoms with E-state index in [1.165, 1.54) is 51.4 Å². The van der Waals surface area contributed by atoms with Crippen LogP contribution in [0.15, 0.2) is 0 Å². The van der Waals surface area contributed by atoms with Gasteiger partial charge in [0.25, 0.3) is 0 Å². The Morgan fingerprint density at radius 3 is 2.05 bits per heavy atom. The van der Waals surface area contributed by atoms with E-state index in [0.29, 0.717) is 5.91 Å². The van der Waals surface area contributed by atoms with E-state index in [1.807, 2.05) is 0 Å². The molecule has 0 aromatic heterocycles. The lowest BCUT2D eigenvalue weighted by molar-refractivity contribution is -0.146. The molecule has 1 aliphatic heterocycles. The first-order valence-electron chi connectivity index (χ1n) is 8.43. The van der Waals surface area contributed by atoms with E-state index < -0.39 is 0 Å². The van der Waals surface area contributed by atoms with E-state index >= 15 is 0 Å². The van der Waals surface area contributed by atoms with Crippen molar-refractivity contribution in [2.24, 2.45) is 5.41 Å². The van der Waals surface area contributed by atoms with Gasteiger partial charge in [0.05, 0.1) is 0 Å². The summed E-state index contributed by atoms with van der Waals surface area (Å²) in [6.45, 7) is 8.67. The standard InChI is InChI=1S/C17H33NO/c1-4-6-8-9-10-13-17(3,12-7-5-2)16(19)18-14-11-15-18/h4-15H2,1-3H3. The zero-order valence-electron chi connectivity index (χ0n) is 13.3. The van der Waals surface area contributed by atoms with E-state index in [2.05, 4.69) is 25.7 Å². The Labute approximate surface area is 119 Å². The fourth-order valence-corrected chi connectivity index (χ4v) is 2.93. The minimum atomic E-state index is -0.0807. The summed E-state index contributed by atoms with van der Waals surface area (Å²) in [5.41, 5.74) is -0.0807. The van der Waals surface area contributed by atoms with Crippen LogP contribution in [0.4, 0.5) is 0 Å². The van der Waals surface area contributed by atoms with E-state index in [9.17, 15) is 4.79 Å². The molecule has 0 aromatic carbocycles. The average Bonchev–Trinajstić information content (AvgIpc) is 2.34. The SMILES string of the molecule is CCCCCCCC(C)(CCCC)C(=O)N1CCC1. The molecule has 1 saturated heterocycles. The lowest BCUT2D eigenvalue weighted by Gasteiger charge is -2.39. The van der Waals surface area contributed by atoms with Gasteiger partial charge >= 0.3 is 0 Å². The maximum Gasteiger partial charge on any atom is 0.228 e. The predicted molar refractivity (Wildman–Crippen MR) is 82.2 cm³/mol. The molecule has 1 rings (SSSR count). The van der Waals surface area contributed by atoms with Gasteiger partial charge in [-0.25, -0.2) is 0 Å². The van der Waals surface area contributed by atoms with Crippen LogP contribution in [0, 0.1) is 5.41 Å². The highest BCUT2D eigenvalue weighted by Gasteiger charge is 2.37. The van der Waals surface area contributed by atoms with Crippen molar-refractivity contribution in [1.29, 1.82) is 0 Å². The molecule has 19 heavy (non-hydrogen) atoms. The van der Waals surface area contributed by atoms with Crippen molar-refractivity contribution in [3.63, 3.8) is 0 Å². The highest BCUT2D eigenvalue weighted by atomic mass is 16.2. The second-order valence-corrected chi connectivity index (χ2v) is 6.47. The van der Waals surface area contributed by atoms with Gasteiger partial charge in [0, 0.05) is 18.5 Å². The third-order valence-electron chi connectivity index (χ3n) is 4.57. The molecule has 1 amide bonds. The predicted octanol–water partition coefficient (Wildman–Crippen LogP) is 4.78. The van der Waals surface area contributed by atoms with Crippen LogP contribution in [0.1, 0.15) is 85.0 Å². The summed E-state index contributed by atoms with van der Waals surface area (Å²) in [6, 6.07) is 0. The molecule has 0 saturated carbocycles. The van der Waals surface area contributed by atoms with Crippen molar-refractivity contribution in [2.75, 3.05) is 13.1 Å². The summed E-state index contributed by atoms with van der Waals surface area (Å²) in [5, 5.41) is 0. The maximum atomic E-state index is 12.6. The zero-order chi connectivity index (χ0) is 14.1. The first-order valence-corrected chi connectivity index (χ1v) is 8.43. The van der Waals surface area contributed by atoms with Crippen molar-refractivity contribution in [2.45, 2.75) is 85.0 Å². The van der Waals surface area contributed by atoms with Crippen LogP contribution in [-0.4, -0.2) is 23.9 Å². The minimum Gasteiger partial charge on any atom is -0.342 e. The largest absolute Gasteiger partial charge is 0.342 e. The molecule has 2 nitrogen and oxygen atoms in total. The van der Waals surface area contributed by atoms with Crippen LogP contribution >= 0.6 is 0 Å². The van der Waals surface area contributed by atoms with Gasteiger partial charge in [0.15, 0.2) is 0 Å². The Balaban J connectivity index is 2.41. The quantitative estimate of drug-likeness (QED) is 0.522. The number of hydrogen-bond acceptors (Lipinski definition) is 1. The van der Waals surface area contributed by atoms with E-state index in [-0.39, 0.29) is 5.41 Å². The van der Waals surface area contributed by atoms with Crippen LogP contribution < -0.4 is 0 Å². The lowest BCUT2D eigenvalue weighted by atomic mass is 9.78. The Kier molecular flexibility index (Phi) is 7.48. The zero-order valence-corrected chi connectivity index (χ0v) is 13.3. The Bertz CT molecular complexity index is 260. The summed E-state index contributed by atoms with van der Waals surface area (Å²) >= 11 is 0. The van der Waals surface area contributed by atoms with Crippen molar-refractivity contribution >= 4 is 5.91 Å². The Morgan fingerprint density at radius 2 is 1.53 bits per heavy atom. The molecule has 0 N–H and O–H groups in total. The fourth-order valence-electron chi connectivity index (χ4n) is 2.93. The number of hydrogen-bond donors (Lipinski definition) is 0. The highest BCUT2D eigenvalue weighted by molar-refractivity contribution is 5.82. The van der Waals surface area contributed by atoms with E-state index in [0.717, 1.165) is 25.9 Å². The highest BCUT2D eigenvalue weighted by Crippen LogP contribution is 2.34. The molecule has 112 valence electrons. The molecule has 1 heterocycles. The van der Waals surface area contributed by atoms with Gasteiger partial charge in [-0.2, -0.15) is 0 Å². The summed E-state index contributed by atoms with van der Waals surface area (Å²) < 4.78 is 0. The van der Waals surface area contributed by atoms with Crippen LogP contribution in [0.5, 0.6) is 0 Å². The molecule has 0 aromatic rings. The maximum absolute atomic E-state index is 12.6. The van der Waals surface area contributed by atoms with Crippen molar-refractivity contribution < 1.29 is 4.79 Å². The van der Waals surface area contributed by atoms with E-state index in [4.69, 9.17) is 0 Å². The summed E-state index contributed by atoms with van der Waals surface area (Å²) in [5.74, 6) is 0.433. The number of amides is 1. The average molecular weight is 267 g/mol. The smallest absolute Gasteiger partial charge is 0.228 e. The number of unbranched alkanes of at least 4 members (excludes halogenated alkanes) is 5. The Morgan fingerprint density at radius 1 is 0.947 bits per heavy atom. The van der Waals surface area contributed by atoms with Gasteiger partial charge in [-0.1, -0.05) is 65.7 Å². The molecule has 0 bridgehead atoms. The third-order valence-corrected chi connectivity index (χ3v) is 4.57. The molecule has 1 unspecified atom stereocenters. The van der Waals surface area contributed by atoms with Gasteiger partial charge in [-0.15, -0.1) is 0 Å². The van der Waals surface area contributed by atoms with Gasteiger partial charge in [-0.05, 0) is 19.3 Å². The first-order chi connectivity index (χ1) is 9.14. The number of carbonyl (C=O) groups is 1. The molecule has 1 aliphatic rings. The lowest BCUT2D eigenvalue weighted by Crippen LogP contribution is -2.49. The van der Waals surface area contributed by atoms with Crippen molar-refractivity contribution in [1.82, 2.24) is 4.90 Å². The van der Waals surface area contributed by atoms with Gasteiger partial charge < -0.3 is 4.90 Å². The molecule has 1 atom stereocenters. The second-order valence-electron chi connectivity index (χ2n) is 6.47. The summed E-state index contributed by atoms with van der Waals surface area (Å²) in [7, 11) is 0. The topological polar surface area (TPSA) is 20.3 Å². The van der Waals surface area contributed by atoms with Crippen molar-refractivity contribution in [3.05, 3.63) is 0 Å². The van der Waals surface area contributed by atoms with Crippen LogP contribution in [0.25, 0.3) is 0 Å². The first kappa shape index (κ1) is 16.5. The number of carbonyl (C=O) groups excluding carboxylic acids is 1. The number of rotatable bonds is 10. The molecule has 0 radical (unpaired) electrons. The minimum absolute atomic E-state index is 0.0807. The second kappa shape index (κ2) is 8.60. The molecule has 1 fully saturated rings. The molecule has 0 aliphatic carbocycles. The van der Waals surface area contributed by atoms with Gasteiger partial charge in [0.1, 0.15) is 0 Å². The summed E-state index contributed by atoms with van der Waals surface area (Å²) in [4.78, 5) is 14.7.